The third-order valence-electron chi connectivity index (χ3n) is 5.59. The molecule has 1 aliphatic rings. The molecule has 154 valence electrons. The second kappa shape index (κ2) is 8.88. The van der Waals surface area contributed by atoms with Crippen molar-refractivity contribution in [1.29, 1.82) is 0 Å². The number of benzene rings is 2. The third-order valence-corrected chi connectivity index (χ3v) is 12.3. The molecule has 0 saturated heterocycles. The smallest absolute Gasteiger partial charge is 0.0273 e. The van der Waals surface area contributed by atoms with Crippen molar-refractivity contribution >= 4 is 26.5 Å². The summed E-state index contributed by atoms with van der Waals surface area (Å²) >= 11 is 0. The van der Waals surface area contributed by atoms with Crippen molar-refractivity contribution < 1.29 is 0 Å². The van der Waals surface area contributed by atoms with Crippen LogP contribution in [0.2, 0.25) is 0 Å². The fraction of sp³-hybridized carbons (Fsp3) is 0.407. The lowest BCUT2D eigenvalue weighted by atomic mass is 10.1. The zero-order valence-corrected chi connectivity index (χ0v) is 20.8. The van der Waals surface area contributed by atoms with E-state index in [1.54, 1.807) is 5.57 Å². The number of allylic oxidation sites excluding steroid dienone is 4. The quantitative estimate of drug-likeness (QED) is 0.439. The highest BCUT2D eigenvalue weighted by atomic mass is 31.1. The van der Waals surface area contributed by atoms with Crippen molar-refractivity contribution in [3.8, 4) is 0 Å². The van der Waals surface area contributed by atoms with Crippen molar-refractivity contribution in [3.05, 3.63) is 84.5 Å². The molecule has 0 aliphatic heterocycles. The van der Waals surface area contributed by atoms with Gasteiger partial charge >= 0.3 is 0 Å². The summed E-state index contributed by atoms with van der Waals surface area (Å²) in [6, 6.07) is 22.3. The lowest BCUT2D eigenvalue weighted by Gasteiger charge is -2.47. The molecule has 0 amide bonds. The van der Waals surface area contributed by atoms with E-state index in [9.17, 15) is 0 Å². The van der Waals surface area contributed by atoms with Gasteiger partial charge in [-0.1, -0.05) is 141 Å². The van der Waals surface area contributed by atoms with E-state index >= 15 is 0 Å². The molecule has 0 radical (unpaired) electrons. The van der Waals surface area contributed by atoms with E-state index in [1.165, 1.54) is 10.6 Å². The standard InChI is InChI=1S/C27H36P2/c1-21(29(26(2,3)4)27(5,6)7)24-19-14-20-25(24)28(22-15-10-8-11-16-22)23-17-12-9-13-18-23/h8-21,25H,1-7H3/t21-,25?/m1/s1. The summed E-state index contributed by atoms with van der Waals surface area (Å²) in [5, 5.41) is 3.59. The average molecular weight is 423 g/mol. The fourth-order valence-corrected chi connectivity index (χ4v) is 12.9. The molecule has 1 aliphatic carbocycles. The maximum Gasteiger partial charge on any atom is 0.0273 e. The van der Waals surface area contributed by atoms with Gasteiger partial charge in [-0.25, -0.2) is 0 Å². The summed E-state index contributed by atoms with van der Waals surface area (Å²) in [5.74, 6) is 0. The van der Waals surface area contributed by atoms with Gasteiger partial charge in [0.15, 0.2) is 0 Å². The van der Waals surface area contributed by atoms with Crippen molar-refractivity contribution in [3.63, 3.8) is 0 Å². The molecule has 0 saturated carbocycles. The van der Waals surface area contributed by atoms with Gasteiger partial charge in [0.1, 0.15) is 0 Å². The van der Waals surface area contributed by atoms with Gasteiger partial charge in [-0.3, -0.25) is 0 Å². The zero-order chi connectivity index (χ0) is 21.2. The predicted octanol–water partition coefficient (Wildman–Crippen LogP) is 7.45. The van der Waals surface area contributed by atoms with Gasteiger partial charge in [-0.15, -0.1) is 0 Å². The average Bonchev–Trinajstić information content (AvgIpc) is 3.11. The highest BCUT2D eigenvalue weighted by Gasteiger charge is 2.42. The lowest BCUT2D eigenvalue weighted by molar-refractivity contribution is 0.693. The molecule has 0 bridgehead atoms. The Morgan fingerprint density at radius 2 is 1.17 bits per heavy atom. The van der Waals surface area contributed by atoms with E-state index in [1.807, 2.05) is 0 Å². The molecular formula is C27H36P2. The van der Waals surface area contributed by atoms with Crippen LogP contribution in [0.1, 0.15) is 48.5 Å². The van der Waals surface area contributed by atoms with E-state index in [0.29, 0.717) is 21.6 Å². The molecule has 2 aromatic carbocycles. The Hall–Kier alpha value is -1.22. The summed E-state index contributed by atoms with van der Waals surface area (Å²) in [6.07, 6.45) is 7.22. The first-order valence-corrected chi connectivity index (χ1v) is 13.5. The summed E-state index contributed by atoms with van der Waals surface area (Å²) in [7, 11) is -0.667. The van der Waals surface area contributed by atoms with E-state index < -0.39 is 7.92 Å². The maximum atomic E-state index is 2.50. The Labute approximate surface area is 181 Å². The van der Waals surface area contributed by atoms with Crippen LogP contribution in [0.5, 0.6) is 0 Å². The van der Waals surface area contributed by atoms with Crippen LogP contribution >= 0.6 is 15.8 Å². The van der Waals surface area contributed by atoms with Gasteiger partial charge in [0.05, 0.1) is 0 Å². The maximum absolute atomic E-state index is 2.50. The Morgan fingerprint density at radius 1 is 0.724 bits per heavy atom. The molecule has 0 N–H and O–H groups in total. The van der Waals surface area contributed by atoms with E-state index in [2.05, 4.69) is 127 Å². The van der Waals surface area contributed by atoms with Crippen LogP contribution in [-0.4, -0.2) is 21.6 Å². The lowest BCUT2D eigenvalue weighted by Crippen LogP contribution is -2.33. The summed E-state index contributed by atoms with van der Waals surface area (Å²) in [5.41, 5.74) is 2.72. The van der Waals surface area contributed by atoms with Crippen LogP contribution in [0.15, 0.2) is 84.5 Å². The van der Waals surface area contributed by atoms with Gasteiger partial charge < -0.3 is 0 Å². The van der Waals surface area contributed by atoms with Gasteiger partial charge in [0.2, 0.25) is 0 Å². The molecule has 0 aromatic heterocycles. The topological polar surface area (TPSA) is 0 Å². The highest BCUT2D eigenvalue weighted by Crippen LogP contribution is 2.65. The number of rotatable bonds is 5. The molecule has 0 heterocycles. The van der Waals surface area contributed by atoms with E-state index in [0.717, 1.165) is 0 Å². The Balaban J connectivity index is 2.04. The van der Waals surface area contributed by atoms with Crippen LogP contribution in [0, 0.1) is 0 Å². The highest BCUT2D eigenvalue weighted by molar-refractivity contribution is 7.74. The van der Waals surface area contributed by atoms with Crippen LogP contribution in [0.4, 0.5) is 0 Å². The molecule has 3 rings (SSSR count). The summed E-state index contributed by atoms with van der Waals surface area (Å²) in [6.45, 7) is 17.1. The molecule has 2 atom stereocenters. The molecule has 0 fully saturated rings. The second-order valence-corrected chi connectivity index (χ2v) is 16.5. The number of hydrogen-bond acceptors (Lipinski definition) is 0. The SMILES string of the molecule is C[C@H](C1=CC=CC1P(c1ccccc1)c1ccccc1)P(C(C)(C)C)C(C)(C)C. The van der Waals surface area contributed by atoms with Gasteiger partial charge in [0, 0.05) is 5.66 Å². The molecule has 2 aromatic rings. The first-order chi connectivity index (χ1) is 13.6. The van der Waals surface area contributed by atoms with Crippen LogP contribution in [0.25, 0.3) is 0 Å². The van der Waals surface area contributed by atoms with Crippen LogP contribution in [0.3, 0.4) is 0 Å². The van der Waals surface area contributed by atoms with Gasteiger partial charge in [0.25, 0.3) is 0 Å². The minimum Gasteiger partial charge on any atom is -0.0885 e. The minimum atomic E-state index is -0.465. The Kier molecular flexibility index (Phi) is 6.88. The molecule has 1 unspecified atom stereocenters. The van der Waals surface area contributed by atoms with Gasteiger partial charge in [-0.2, -0.15) is 0 Å². The zero-order valence-electron chi connectivity index (χ0n) is 19.1. The Bertz CT molecular complexity index is 797. The predicted molar refractivity (Wildman–Crippen MR) is 136 cm³/mol. The first-order valence-electron chi connectivity index (χ1n) is 10.7. The van der Waals surface area contributed by atoms with Crippen molar-refractivity contribution in [2.45, 2.75) is 70.1 Å². The number of hydrogen-bond donors (Lipinski definition) is 0. The summed E-state index contributed by atoms with van der Waals surface area (Å²) in [4.78, 5) is 0. The second-order valence-electron chi connectivity index (χ2n) is 9.93. The van der Waals surface area contributed by atoms with E-state index in [-0.39, 0.29) is 7.92 Å². The van der Waals surface area contributed by atoms with Crippen molar-refractivity contribution in [1.82, 2.24) is 0 Å². The van der Waals surface area contributed by atoms with E-state index in [4.69, 9.17) is 0 Å². The molecule has 29 heavy (non-hydrogen) atoms. The van der Waals surface area contributed by atoms with Gasteiger partial charge in [-0.05, 0) is 34.5 Å². The van der Waals surface area contributed by atoms with Crippen LogP contribution < -0.4 is 10.6 Å². The monoisotopic (exact) mass is 422 g/mol. The Morgan fingerprint density at radius 3 is 1.59 bits per heavy atom. The largest absolute Gasteiger partial charge is 0.0885 e. The first kappa shape index (κ1) is 22.5. The van der Waals surface area contributed by atoms with Crippen molar-refractivity contribution in [2.24, 2.45) is 0 Å². The normalized spacial score (nSPS) is 18.4. The minimum absolute atomic E-state index is 0.202. The third kappa shape index (κ3) is 5.10. The van der Waals surface area contributed by atoms with Crippen LogP contribution in [-0.2, 0) is 0 Å². The fourth-order valence-electron chi connectivity index (χ4n) is 5.07. The van der Waals surface area contributed by atoms with Crippen molar-refractivity contribution in [2.75, 3.05) is 0 Å². The summed E-state index contributed by atoms with van der Waals surface area (Å²) < 4.78 is 0. The molecule has 2 heteroatoms. The molecular weight excluding hydrogens is 386 g/mol. The molecule has 0 nitrogen and oxygen atoms in total. The molecule has 0 spiro atoms.